The van der Waals surface area contributed by atoms with Gasteiger partial charge in [-0.3, -0.25) is 0 Å². The molecule has 0 aliphatic carbocycles. The molecule has 2 aromatic carbocycles. The molecule has 0 nitrogen and oxygen atoms in total. The van der Waals surface area contributed by atoms with E-state index in [-0.39, 0.29) is 10.6 Å². The first-order valence-electron chi connectivity index (χ1n) is 5.50. The van der Waals surface area contributed by atoms with Gasteiger partial charge in [-0.1, -0.05) is 37.9 Å². The van der Waals surface area contributed by atoms with Gasteiger partial charge >= 0.3 is 0 Å². The van der Waals surface area contributed by atoms with Crippen LogP contribution < -0.4 is 0 Å². The van der Waals surface area contributed by atoms with Gasteiger partial charge in [-0.05, 0) is 47.9 Å². The smallest absolute Gasteiger partial charge is 0.159 e. The van der Waals surface area contributed by atoms with E-state index < -0.39 is 11.6 Å². The highest BCUT2D eigenvalue weighted by Crippen LogP contribution is 2.33. The molecule has 0 heterocycles. The van der Waals surface area contributed by atoms with Crippen molar-refractivity contribution in [3.8, 4) is 0 Å². The molecule has 0 saturated carbocycles. The molecule has 0 N–H and O–H groups in total. The highest BCUT2D eigenvalue weighted by atomic mass is 79.9. The van der Waals surface area contributed by atoms with Gasteiger partial charge in [0, 0.05) is 9.30 Å². The van der Waals surface area contributed by atoms with Gasteiger partial charge < -0.3 is 0 Å². The number of benzene rings is 2. The van der Waals surface area contributed by atoms with Crippen molar-refractivity contribution < 1.29 is 13.2 Å². The molecule has 0 fully saturated rings. The Morgan fingerprint density at radius 2 is 1.68 bits per heavy atom. The molecule has 2 aromatic rings. The van der Waals surface area contributed by atoms with Crippen molar-refractivity contribution in [2.24, 2.45) is 0 Å². The predicted octanol–water partition coefficient (Wildman–Crippen LogP) is 5.55. The summed E-state index contributed by atoms with van der Waals surface area (Å²) in [4.78, 5) is -0.192. The Labute approximate surface area is 125 Å². The molecule has 0 amide bonds. The molecule has 2 rings (SSSR count). The Bertz CT molecular complexity index is 599. The molecule has 0 aromatic heterocycles. The summed E-state index contributed by atoms with van der Waals surface area (Å²) < 4.78 is 39.9. The normalized spacial score (nSPS) is 12.5. The molecular weight excluding hydrogens is 385 g/mol. The highest BCUT2D eigenvalue weighted by molar-refractivity contribution is 9.11. The van der Waals surface area contributed by atoms with Crippen molar-refractivity contribution in [1.82, 2.24) is 0 Å². The van der Waals surface area contributed by atoms with Crippen LogP contribution in [0.5, 0.6) is 0 Å². The van der Waals surface area contributed by atoms with Gasteiger partial charge in [0.05, 0.1) is 0 Å². The van der Waals surface area contributed by atoms with Crippen LogP contribution in [0.4, 0.5) is 13.2 Å². The van der Waals surface area contributed by atoms with Crippen molar-refractivity contribution in [2.45, 2.75) is 11.2 Å². The molecule has 0 saturated heterocycles. The second kappa shape index (κ2) is 6.09. The molecule has 5 heteroatoms. The van der Waals surface area contributed by atoms with Gasteiger partial charge in [0.1, 0.15) is 5.82 Å². The standard InChI is InChI=1S/C14H9Br2F3/c15-11-3-2-9(17)7-10(11)12(16)5-8-1-4-13(18)14(19)6-8/h1-4,6-7,12H,5H2. The average Bonchev–Trinajstić information content (AvgIpc) is 2.36. The molecule has 100 valence electrons. The lowest BCUT2D eigenvalue weighted by molar-refractivity contribution is 0.507. The SMILES string of the molecule is Fc1ccc(Br)c(C(Br)Cc2ccc(F)c(F)c2)c1. The molecule has 0 aliphatic rings. The minimum Gasteiger partial charge on any atom is -0.207 e. The van der Waals surface area contributed by atoms with E-state index in [0.29, 0.717) is 12.0 Å². The summed E-state index contributed by atoms with van der Waals surface area (Å²) in [6.07, 6.45) is 0.430. The van der Waals surface area contributed by atoms with Gasteiger partial charge in [0.15, 0.2) is 11.6 Å². The maximum absolute atomic E-state index is 13.2. The molecular formula is C14H9Br2F3. The summed E-state index contributed by atoms with van der Waals surface area (Å²) in [5.74, 6) is -2.09. The zero-order valence-corrected chi connectivity index (χ0v) is 12.8. The second-order valence-corrected chi connectivity index (χ2v) is 6.05. The lowest BCUT2D eigenvalue weighted by Gasteiger charge is -2.12. The van der Waals surface area contributed by atoms with Gasteiger partial charge in [0.25, 0.3) is 0 Å². The van der Waals surface area contributed by atoms with Crippen LogP contribution in [-0.4, -0.2) is 0 Å². The zero-order chi connectivity index (χ0) is 14.0. The minimum absolute atomic E-state index is 0.192. The third-order valence-corrected chi connectivity index (χ3v) is 4.23. The van der Waals surface area contributed by atoms with Crippen molar-refractivity contribution in [2.75, 3.05) is 0 Å². The van der Waals surface area contributed by atoms with Gasteiger partial charge in [-0.15, -0.1) is 0 Å². The van der Waals surface area contributed by atoms with E-state index in [9.17, 15) is 13.2 Å². The lowest BCUT2D eigenvalue weighted by Crippen LogP contribution is -1.98. The third-order valence-electron chi connectivity index (χ3n) is 2.69. The van der Waals surface area contributed by atoms with Crippen LogP contribution in [0.3, 0.4) is 0 Å². The summed E-state index contributed by atoms with van der Waals surface area (Å²) in [5.41, 5.74) is 1.36. The van der Waals surface area contributed by atoms with Gasteiger partial charge in [-0.25, -0.2) is 13.2 Å². The fourth-order valence-corrected chi connectivity index (χ4v) is 3.32. The largest absolute Gasteiger partial charge is 0.207 e. The molecule has 19 heavy (non-hydrogen) atoms. The number of rotatable bonds is 3. The molecule has 0 aliphatic heterocycles. The van der Waals surface area contributed by atoms with Crippen LogP contribution in [0, 0.1) is 17.5 Å². The average molecular weight is 394 g/mol. The molecule has 0 radical (unpaired) electrons. The van der Waals surface area contributed by atoms with Crippen LogP contribution in [0.15, 0.2) is 40.9 Å². The first-order valence-corrected chi connectivity index (χ1v) is 7.21. The van der Waals surface area contributed by atoms with Gasteiger partial charge in [-0.2, -0.15) is 0 Å². The monoisotopic (exact) mass is 392 g/mol. The highest BCUT2D eigenvalue weighted by Gasteiger charge is 2.14. The van der Waals surface area contributed by atoms with Crippen molar-refractivity contribution in [3.63, 3.8) is 0 Å². The first kappa shape index (κ1) is 14.6. The van der Waals surface area contributed by atoms with E-state index in [1.165, 1.54) is 18.2 Å². The first-order chi connectivity index (χ1) is 8.97. The fourth-order valence-electron chi connectivity index (χ4n) is 1.74. The number of hydrogen-bond acceptors (Lipinski definition) is 0. The quantitative estimate of drug-likeness (QED) is 0.600. The maximum Gasteiger partial charge on any atom is 0.159 e. The number of alkyl halides is 1. The maximum atomic E-state index is 13.2. The van der Waals surface area contributed by atoms with Gasteiger partial charge in [0.2, 0.25) is 0 Å². The minimum atomic E-state index is -0.879. The van der Waals surface area contributed by atoms with Crippen molar-refractivity contribution in [3.05, 3.63) is 69.4 Å². The van der Waals surface area contributed by atoms with E-state index in [1.54, 1.807) is 6.07 Å². The zero-order valence-electron chi connectivity index (χ0n) is 9.64. The van der Waals surface area contributed by atoms with E-state index in [2.05, 4.69) is 31.9 Å². The molecule has 0 bridgehead atoms. The van der Waals surface area contributed by atoms with E-state index in [4.69, 9.17) is 0 Å². The van der Waals surface area contributed by atoms with Crippen LogP contribution in [0.2, 0.25) is 0 Å². The summed E-state index contributed by atoms with van der Waals surface area (Å²) >= 11 is 6.78. The van der Waals surface area contributed by atoms with E-state index in [0.717, 1.165) is 22.2 Å². The summed E-state index contributed by atoms with van der Waals surface area (Å²) in [6.45, 7) is 0. The summed E-state index contributed by atoms with van der Waals surface area (Å²) in [6, 6.07) is 8.13. The Morgan fingerprint density at radius 3 is 2.37 bits per heavy atom. The summed E-state index contributed by atoms with van der Waals surface area (Å²) in [7, 11) is 0. The van der Waals surface area contributed by atoms with Crippen LogP contribution in [0.1, 0.15) is 16.0 Å². The van der Waals surface area contributed by atoms with E-state index >= 15 is 0 Å². The number of halogens is 5. The predicted molar refractivity (Wildman–Crippen MR) is 75.8 cm³/mol. The second-order valence-electron chi connectivity index (χ2n) is 4.09. The third kappa shape index (κ3) is 3.60. The Hall–Kier alpha value is -0.810. The Balaban J connectivity index is 2.22. The molecule has 1 unspecified atom stereocenters. The van der Waals surface area contributed by atoms with Crippen LogP contribution in [-0.2, 0) is 6.42 Å². The molecule has 1 atom stereocenters. The van der Waals surface area contributed by atoms with Crippen molar-refractivity contribution in [1.29, 1.82) is 0 Å². The lowest BCUT2D eigenvalue weighted by atomic mass is 10.0. The summed E-state index contributed by atoms with van der Waals surface area (Å²) in [5, 5.41) is 0. The van der Waals surface area contributed by atoms with Crippen LogP contribution in [0.25, 0.3) is 0 Å². The van der Waals surface area contributed by atoms with Crippen molar-refractivity contribution >= 4 is 31.9 Å². The van der Waals surface area contributed by atoms with Crippen LogP contribution >= 0.6 is 31.9 Å². The fraction of sp³-hybridized carbons (Fsp3) is 0.143. The van der Waals surface area contributed by atoms with E-state index in [1.807, 2.05) is 0 Å². The molecule has 0 spiro atoms. The Kier molecular flexibility index (Phi) is 4.68. The Morgan fingerprint density at radius 1 is 0.947 bits per heavy atom. The number of hydrogen-bond donors (Lipinski definition) is 0. The topological polar surface area (TPSA) is 0 Å².